The number of nitrogens with one attached hydrogen (secondary N) is 1. The molecule has 0 atom stereocenters. The Labute approximate surface area is 115 Å². The lowest BCUT2D eigenvalue weighted by atomic mass is 10.1. The van der Waals surface area contributed by atoms with Gasteiger partial charge in [-0.25, -0.2) is 4.79 Å². The lowest BCUT2D eigenvalue weighted by Crippen LogP contribution is -2.00. The Hall–Kier alpha value is -1.29. The van der Waals surface area contributed by atoms with Gasteiger partial charge >= 0.3 is 5.97 Å². The van der Waals surface area contributed by atoms with Gasteiger partial charge in [0.2, 0.25) is 0 Å². The number of carbonyl (C=O) groups excluding carboxylic acids is 1. The number of aromatic amines is 1. The van der Waals surface area contributed by atoms with Crippen LogP contribution in [0.5, 0.6) is 0 Å². The van der Waals surface area contributed by atoms with Crippen molar-refractivity contribution in [2.45, 2.75) is 19.3 Å². The number of methoxy groups -OCH3 is 1. The van der Waals surface area contributed by atoms with Crippen molar-refractivity contribution in [3.63, 3.8) is 0 Å². The fourth-order valence-corrected chi connectivity index (χ4v) is 2.44. The van der Waals surface area contributed by atoms with Gasteiger partial charge in [0.1, 0.15) is 0 Å². The van der Waals surface area contributed by atoms with E-state index in [2.05, 4.69) is 20.9 Å². The maximum Gasteiger partial charge on any atom is 0.337 e. The first-order valence-electron chi connectivity index (χ1n) is 6.00. The highest BCUT2D eigenvalue weighted by atomic mass is 79.9. The van der Waals surface area contributed by atoms with Gasteiger partial charge in [0.25, 0.3) is 0 Å². The molecule has 0 fully saturated rings. The van der Waals surface area contributed by atoms with Crippen molar-refractivity contribution >= 4 is 32.8 Å². The number of carbonyl (C=O) groups is 1. The number of hydrogen-bond acceptors (Lipinski definition) is 2. The number of aryl methyl sites for hydroxylation is 1. The van der Waals surface area contributed by atoms with Crippen LogP contribution in [0.15, 0.2) is 24.4 Å². The van der Waals surface area contributed by atoms with Crippen molar-refractivity contribution in [1.29, 1.82) is 0 Å². The average molecular weight is 310 g/mol. The summed E-state index contributed by atoms with van der Waals surface area (Å²) in [7, 11) is 1.40. The fraction of sp³-hybridized carbons (Fsp3) is 0.357. The summed E-state index contributed by atoms with van der Waals surface area (Å²) >= 11 is 3.43. The van der Waals surface area contributed by atoms with Crippen molar-refractivity contribution in [3.05, 3.63) is 35.5 Å². The average Bonchev–Trinajstić information content (AvgIpc) is 2.81. The molecule has 0 bridgehead atoms. The quantitative estimate of drug-likeness (QED) is 0.520. The maximum absolute atomic E-state index is 11.5. The predicted molar refractivity (Wildman–Crippen MR) is 76.4 cm³/mol. The van der Waals surface area contributed by atoms with E-state index in [1.54, 1.807) is 6.07 Å². The summed E-state index contributed by atoms with van der Waals surface area (Å²) in [4.78, 5) is 14.7. The molecule has 1 aromatic heterocycles. The zero-order valence-electron chi connectivity index (χ0n) is 10.3. The Kier molecular flexibility index (Phi) is 4.42. The summed E-state index contributed by atoms with van der Waals surface area (Å²) in [6, 6.07) is 5.61. The summed E-state index contributed by atoms with van der Waals surface area (Å²) in [5, 5.41) is 2.15. The van der Waals surface area contributed by atoms with Crippen molar-refractivity contribution in [2.24, 2.45) is 0 Å². The minimum atomic E-state index is -0.287. The van der Waals surface area contributed by atoms with Gasteiger partial charge in [-0.05, 0) is 43.0 Å². The molecule has 0 saturated carbocycles. The topological polar surface area (TPSA) is 42.1 Å². The predicted octanol–water partition coefficient (Wildman–Crippen LogP) is 3.67. The van der Waals surface area contributed by atoms with E-state index in [4.69, 9.17) is 4.74 Å². The van der Waals surface area contributed by atoms with E-state index >= 15 is 0 Å². The van der Waals surface area contributed by atoms with Gasteiger partial charge in [-0.2, -0.15) is 0 Å². The molecule has 0 aliphatic heterocycles. The highest BCUT2D eigenvalue weighted by Crippen LogP contribution is 2.22. The number of H-pyrrole nitrogens is 1. The number of halogens is 1. The highest BCUT2D eigenvalue weighted by Gasteiger charge is 2.09. The molecule has 0 saturated heterocycles. The van der Waals surface area contributed by atoms with E-state index in [0.29, 0.717) is 5.56 Å². The van der Waals surface area contributed by atoms with Crippen LogP contribution in [0.4, 0.5) is 0 Å². The molecule has 4 heteroatoms. The summed E-state index contributed by atoms with van der Waals surface area (Å²) in [6.45, 7) is 0. The van der Waals surface area contributed by atoms with E-state index in [9.17, 15) is 4.79 Å². The molecule has 2 rings (SSSR count). The van der Waals surface area contributed by atoms with Crippen LogP contribution < -0.4 is 0 Å². The molecule has 96 valence electrons. The van der Waals surface area contributed by atoms with Gasteiger partial charge in [-0.3, -0.25) is 0 Å². The normalized spacial score (nSPS) is 10.8. The molecule has 2 aromatic rings. The number of esters is 1. The van der Waals surface area contributed by atoms with E-state index in [0.717, 1.165) is 35.5 Å². The number of fused-ring (bicyclic) bond motifs is 1. The highest BCUT2D eigenvalue weighted by molar-refractivity contribution is 9.09. The van der Waals surface area contributed by atoms with Gasteiger partial charge in [0.05, 0.1) is 12.7 Å². The lowest BCUT2D eigenvalue weighted by molar-refractivity contribution is 0.0601. The van der Waals surface area contributed by atoms with Crippen LogP contribution in [0.2, 0.25) is 0 Å². The van der Waals surface area contributed by atoms with Crippen LogP contribution >= 0.6 is 15.9 Å². The second kappa shape index (κ2) is 6.05. The maximum atomic E-state index is 11.5. The summed E-state index contributed by atoms with van der Waals surface area (Å²) < 4.78 is 4.74. The Bertz CT molecular complexity index is 548. The van der Waals surface area contributed by atoms with Gasteiger partial charge in [0.15, 0.2) is 0 Å². The third kappa shape index (κ3) is 2.75. The van der Waals surface area contributed by atoms with Crippen molar-refractivity contribution in [1.82, 2.24) is 4.98 Å². The lowest BCUT2D eigenvalue weighted by Gasteiger charge is -2.01. The molecule has 1 heterocycles. The summed E-state index contributed by atoms with van der Waals surface area (Å²) in [5.41, 5.74) is 2.93. The third-order valence-electron chi connectivity index (χ3n) is 3.02. The molecule has 0 unspecified atom stereocenters. The molecule has 0 amide bonds. The Morgan fingerprint density at radius 3 is 2.94 bits per heavy atom. The Morgan fingerprint density at radius 2 is 2.22 bits per heavy atom. The molecular formula is C14H16BrNO2. The standard InChI is InChI=1S/C14H16BrNO2/c1-18-14(17)10-5-6-13-12(8-10)11(9-16-13)4-2-3-7-15/h5-6,8-9,16H,2-4,7H2,1H3. The van der Waals surface area contributed by atoms with Gasteiger partial charge in [0, 0.05) is 22.4 Å². The Balaban J connectivity index is 2.28. The van der Waals surface area contributed by atoms with Crippen LogP contribution in [0.3, 0.4) is 0 Å². The van der Waals surface area contributed by atoms with Crippen LogP contribution in [0.25, 0.3) is 10.9 Å². The summed E-state index contributed by atoms with van der Waals surface area (Å²) in [5.74, 6) is -0.287. The van der Waals surface area contributed by atoms with Gasteiger partial charge in [-0.1, -0.05) is 15.9 Å². The van der Waals surface area contributed by atoms with E-state index in [1.807, 2.05) is 18.3 Å². The van der Waals surface area contributed by atoms with Crippen LogP contribution in [-0.4, -0.2) is 23.4 Å². The van der Waals surface area contributed by atoms with Gasteiger partial charge < -0.3 is 9.72 Å². The summed E-state index contributed by atoms with van der Waals surface area (Å²) in [6.07, 6.45) is 5.35. The zero-order chi connectivity index (χ0) is 13.0. The minimum Gasteiger partial charge on any atom is -0.465 e. The van der Waals surface area contributed by atoms with Crippen LogP contribution in [-0.2, 0) is 11.2 Å². The molecule has 0 spiro atoms. The number of aromatic nitrogens is 1. The van der Waals surface area contributed by atoms with Crippen molar-refractivity contribution in [2.75, 3.05) is 12.4 Å². The Morgan fingerprint density at radius 1 is 1.39 bits per heavy atom. The van der Waals surface area contributed by atoms with Crippen molar-refractivity contribution in [3.8, 4) is 0 Å². The van der Waals surface area contributed by atoms with Crippen LogP contribution in [0.1, 0.15) is 28.8 Å². The molecule has 18 heavy (non-hydrogen) atoms. The number of ether oxygens (including phenoxy) is 1. The van der Waals surface area contributed by atoms with Crippen LogP contribution in [0, 0.1) is 0 Å². The number of alkyl halides is 1. The van der Waals surface area contributed by atoms with Gasteiger partial charge in [-0.15, -0.1) is 0 Å². The number of rotatable bonds is 5. The van der Waals surface area contributed by atoms with E-state index < -0.39 is 0 Å². The molecular weight excluding hydrogens is 294 g/mol. The van der Waals surface area contributed by atoms with E-state index in [1.165, 1.54) is 12.7 Å². The molecule has 0 radical (unpaired) electrons. The zero-order valence-corrected chi connectivity index (χ0v) is 11.9. The molecule has 1 N–H and O–H groups in total. The molecule has 1 aromatic carbocycles. The second-order valence-corrected chi connectivity index (χ2v) is 5.00. The first-order chi connectivity index (χ1) is 8.76. The molecule has 0 aliphatic carbocycles. The first kappa shape index (κ1) is 13.1. The molecule has 3 nitrogen and oxygen atoms in total. The monoisotopic (exact) mass is 309 g/mol. The number of unbranched alkanes of at least 4 members (excludes halogenated alkanes) is 1. The second-order valence-electron chi connectivity index (χ2n) is 4.21. The largest absolute Gasteiger partial charge is 0.465 e. The first-order valence-corrected chi connectivity index (χ1v) is 7.12. The smallest absolute Gasteiger partial charge is 0.337 e. The number of benzene rings is 1. The van der Waals surface area contributed by atoms with E-state index in [-0.39, 0.29) is 5.97 Å². The van der Waals surface area contributed by atoms with Crippen molar-refractivity contribution < 1.29 is 9.53 Å². The SMILES string of the molecule is COC(=O)c1ccc2[nH]cc(CCCCBr)c2c1. The third-order valence-corrected chi connectivity index (χ3v) is 3.58. The number of hydrogen-bond donors (Lipinski definition) is 1. The molecule has 0 aliphatic rings. The fourth-order valence-electron chi connectivity index (χ4n) is 2.04. The minimum absolute atomic E-state index is 0.287.